The molecule has 2 aromatic rings. The molecule has 0 saturated carbocycles. The van der Waals surface area contributed by atoms with Gasteiger partial charge in [0.1, 0.15) is 5.82 Å². The normalized spacial score (nSPS) is 13.9. The predicted molar refractivity (Wildman–Crippen MR) is 69.5 cm³/mol. The highest BCUT2D eigenvalue weighted by molar-refractivity contribution is 9.10. The van der Waals surface area contributed by atoms with Gasteiger partial charge in [0.05, 0.1) is 16.8 Å². The van der Waals surface area contributed by atoms with Gasteiger partial charge in [-0.15, -0.1) is 0 Å². The fourth-order valence-electron chi connectivity index (χ4n) is 1.97. The summed E-state index contributed by atoms with van der Waals surface area (Å²) < 4.78 is 13.4. The molecule has 1 aromatic carbocycles. The summed E-state index contributed by atoms with van der Waals surface area (Å²) in [4.78, 5) is 29.2. The third-order valence-corrected chi connectivity index (χ3v) is 3.47. The number of halogens is 2. The molecule has 19 heavy (non-hydrogen) atoms. The molecule has 2 amide bonds. The summed E-state index contributed by atoms with van der Waals surface area (Å²) in [6, 6.07) is 5.28. The first-order valence-corrected chi connectivity index (χ1v) is 6.17. The van der Waals surface area contributed by atoms with Crippen LogP contribution in [0.3, 0.4) is 0 Å². The molecule has 4 nitrogen and oxygen atoms in total. The Balaban J connectivity index is 2.14. The molecule has 0 atom stereocenters. The minimum absolute atomic E-state index is 0.253. The van der Waals surface area contributed by atoms with Gasteiger partial charge in [0, 0.05) is 16.9 Å². The van der Waals surface area contributed by atoms with Crippen LogP contribution in [0.1, 0.15) is 20.7 Å². The summed E-state index contributed by atoms with van der Waals surface area (Å²) in [7, 11) is 0. The number of carbonyl (C=O) groups is 2. The molecular formula is C13H6BrFN2O2. The minimum Gasteiger partial charge on any atom is -0.268 e. The van der Waals surface area contributed by atoms with Crippen LogP contribution in [0.2, 0.25) is 0 Å². The van der Waals surface area contributed by atoms with Crippen molar-refractivity contribution in [1.29, 1.82) is 0 Å². The number of carbonyl (C=O) groups excluding carboxylic acids is 2. The standard InChI is InChI=1S/C13H6BrFN2O2/c14-10-5-7(15)1-2-11(10)17-12(18)8-3-4-16-6-9(8)13(17)19/h1-6H. The highest BCUT2D eigenvalue weighted by Gasteiger charge is 2.37. The van der Waals surface area contributed by atoms with E-state index in [0.29, 0.717) is 15.7 Å². The van der Waals surface area contributed by atoms with Crippen molar-refractivity contribution < 1.29 is 14.0 Å². The van der Waals surface area contributed by atoms with Crippen LogP contribution in [0.15, 0.2) is 41.1 Å². The average molecular weight is 321 g/mol. The minimum atomic E-state index is -0.458. The van der Waals surface area contributed by atoms with E-state index >= 15 is 0 Å². The topological polar surface area (TPSA) is 50.3 Å². The van der Waals surface area contributed by atoms with Crippen molar-refractivity contribution in [1.82, 2.24) is 4.98 Å². The summed E-state index contributed by atoms with van der Waals surface area (Å²) in [6.45, 7) is 0. The Kier molecular flexibility index (Phi) is 2.67. The van der Waals surface area contributed by atoms with Crippen LogP contribution in [-0.2, 0) is 0 Å². The molecule has 0 N–H and O–H groups in total. The highest BCUT2D eigenvalue weighted by Crippen LogP contribution is 2.33. The lowest BCUT2D eigenvalue weighted by Gasteiger charge is -2.15. The fraction of sp³-hybridized carbons (Fsp3) is 0. The van der Waals surface area contributed by atoms with Crippen LogP contribution in [0.25, 0.3) is 0 Å². The Morgan fingerprint density at radius 3 is 2.53 bits per heavy atom. The number of hydrogen-bond donors (Lipinski definition) is 0. The Morgan fingerprint density at radius 1 is 1.11 bits per heavy atom. The van der Waals surface area contributed by atoms with E-state index in [2.05, 4.69) is 20.9 Å². The Labute approximate surface area is 116 Å². The van der Waals surface area contributed by atoms with Gasteiger partial charge in [-0.3, -0.25) is 14.6 Å². The van der Waals surface area contributed by atoms with Gasteiger partial charge in [0.25, 0.3) is 11.8 Å². The van der Waals surface area contributed by atoms with Crippen molar-refractivity contribution in [3.05, 3.63) is 58.1 Å². The zero-order chi connectivity index (χ0) is 13.6. The molecule has 0 bridgehead atoms. The van der Waals surface area contributed by atoms with E-state index in [1.54, 1.807) is 0 Å². The lowest BCUT2D eigenvalue weighted by Crippen LogP contribution is -2.29. The second kappa shape index (κ2) is 4.24. The van der Waals surface area contributed by atoms with E-state index in [1.807, 2.05) is 0 Å². The lowest BCUT2D eigenvalue weighted by atomic mass is 10.2. The molecule has 3 rings (SSSR count). The summed E-state index contributed by atoms with van der Waals surface area (Å²) in [5, 5.41) is 0. The number of hydrogen-bond acceptors (Lipinski definition) is 3. The fourth-order valence-corrected chi connectivity index (χ4v) is 2.49. The number of benzene rings is 1. The van der Waals surface area contributed by atoms with E-state index in [4.69, 9.17) is 0 Å². The number of amides is 2. The Hall–Kier alpha value is -2.08. The maximum atomic E-state index is 13.1. The van der Waals surface area contributed by atoms with Gasteiger partial charge in [0.2, 0.25) is 0 Å². The lowest BCUT2D eigenvalue weighted by molar-refractivity contribution is 0.0926. The van der Waals surface area contributed by atoms with Gasteiger partial charge in [-0.2, -0.15) is 0 Å². The van der Waals surface area contributed by atoms with E-state index in [1.165, 1.54) is 36.7 Å². The Morgan fingerprint density at radius 2 is 1.84 bits per heavy atom. The smallest absolute Gasteiger partial charge is 0.267 e. The third-order valence-electron chi connectivity index (χ3n) is 2.84. The molecule has 0 fully saturated rings. The SMILES string of the molecule is O=C1c2ccncc2C(=O)N1c1ccc(F)cc1Br. The number of fused-ring (bicyclic) bond motifs is 1. The van der Waals surface area contributed by atoms with Crippen molar-refractivity contribution in [2.75, 3.05) is 4.90 Å². The zero-order valence-corrected chi connectivity index (χ0v) is 11.0. The molecule has 0 unspecified atom stereocenters. The molecule has 1 aromatic heterocycles. The molecule has 0 spiro atoms. The van der Waals surface area contributed by atoms with E-state index in [0.717, 1.165) is 4.90 Å². The number of imide groups is 1. The maximum absolute atomic E-state index is 13.1. The quantitative estimate of drug-likeness (QED) is 0.759. The van der Waals surface area contributed by atoms with Crippen molar-refractivity contribution >= 4 is 33.4 Å². The van der Waals surface area contributed by atoms with Gasteiger partial charge in [-0.1, -0.05) is 0 Å². The zero-order valence-electron chi connectivity index (χ0n) is 9.43. The van der Waals surface area contributed by atoms with E-state index < -0.39 is 17.6 Å². The van der Waals surface area contributed by atoms with Gasteiger partial charge in [-0.25, -0.2) is 9.29 Å². The van der Waals surface area contributed by atoms with Crippen molar-refractivity contribution in [3.63, 3.8) is 0 Å². The summed E-state index contributed by atoms with van der Waals surface area (Å²) >= 11 is 3.16. The summed E-state index contributed by atoms with van der Waals surface area (Å²) in [5.41, 5.74) is 0.868. The van der Waals surface area contributed by atoms with Gasteiger partial charge in [-0.05, 0) is 40.2 Å². The van der Waals surface area contributed by atoms with Crippen LogP contribution < -0.4 is 4.90 Å². The second-order valence-electron chi connectivity index (χ2n) is 3.96. The molecule has 0 aliphatic carbocycles. The van der Waals surface area contributed by atoms with Gasteiger partial charge in [0.15, 0.2) is 0 Å². The van der Waals surface area contributed by atoms with Crippen LogP contribution >= 0.6 is 15.9 Å². The van der Waals surface area contributed by atoms with Gasteiger partial charge >= 0.3 is 0 Å². The second-order valence-corrected chi connectivity index (χ2v) is 4.82. The van der Waals surface area contributed by atoms with Crippen molar-refractivity contribution in [2.24, 2.45) is 0 Å². The maximum Gasteiger partial charge on any atom is 0.267 e. The molecule has 6 heteroatoms. The molecular weight excluding hydrogens is 315 g/mol. The first-order valence-electron chi connectivity index (χ1n) is 5.37. The predicted octanol–water partition coefficient (Wildman–Crippen LogP) is 2.78. The number of pyridine rings is 1. The van der Waals surface area contributed by atoms with Crippen LogP contribution in [0.5, 0.6) is 0 Å². The van der Waals surface area contributed by atoms with E-state index in [9.17, 15) is 14.0 Å². The summed E-state index contributed by atoms with van der Waals surface area (Å²) in [5.74, 6) is -1.34. The first-order chi connectivity index (χ1) is 9.09. The largest absolute Gasteiger partial charge is 0.268 e. The molecule has 94 valence electrons. The third kappa shape index (κ3) is 1.76. The van der Waals surface area contributed by atoms with Crippen LogP contribution in [0.4, 0.5) is 10.1 Å². The average Bonchev–Trinajstić information content (AvgIpc) is 2.64. The van der Waals surface area contributed by atoms with Crippen LogP contribution in [-0.4, -0.2) is 16.8 Å². The first kappa shape index (κ1) is 12.0. The van der Waals surface area contributed by atoms with Gasteiger partial charge < -0.3 is 0 Å². The molecule has 0 radical (unpaired) electrons. The number of aromatic nitrogens is 1. The molecule has 0 saturated heterocycles. The number of rotatable bonds is 1. The highest BCUT2D eigenvalue weighted by atomic mass is 79.9. The van der Waals surface area contributed by atoms with Crippen LogP contribution in [0, 0.1) is 5.82 Å². The molecule has 2 heterocycles. The molecule has 1 aliphatic rings. The van der Waals surface area contributed by atoms with E-state index in [-0.39, 0.29) is 5.56 Å². The Bertz CT molecular complexity index is 683. The van der Waals surface area contributed by atoms with Crippen molar-refractivity contribution in [2.45, 2.75) is 0 Å². The summed E-state index contributed by atoms with van der Waals surface area (Å²) in [6.07, 6.45) is 2.81. The molecule has 1 aliphatic heterocycles. The number of nitrogens with zero attached hydrogens (tertiary/aromatic N) is 2. The number of anilines is 1. The monoisotopic (exact) mass is 320 g/mol. The van der Waals surface area contributed by atoms with Crippen molar-refractivity contribution in [3.8, 4) is 0 Å².